The van der Waals surface area contributed by atoms with Gasteiger partial charge in [-0.1, -0.05) is 67.6 Å². The van der Waals surface area contributed by atoms with Crippen molar-refractivity contribution < 1.29 is 14.3 Å². The van der Waals surface area contributed by atoms with Crippen LogP contribution in [0.15, 0.2) is 79.0 Å². The molecule has 190 valence electrons. The highest BCUT2D eigenvalue weighted by atomic mass is 16.5. The van der Waals surface area contributed by atoms with Crippen molar-refractivity contribution in [3.63, 3.8) is 0 Å². The van der Waals surface area contributed by atoms with Crippen molar-refractivity contribution in [1.82, 2.24) is 14.8 Å². The normalized spacial score (nSPS) is 17.2. The molecule has 5 rings (SSSR count). The molecule has 37 heavy (non-hydrogen) atoms. The predicted molar refractivity (Wildman–Crippen MR) is 145 cm³/mol. The van der Waals surface area contributed by atoms with Gasteiger partial charge in [-0.2, -0.15) is 0 Å². The molecule has 0 saturated heterocycles. The number of carbonyl (C=O) groups is 2. The molecule has 0 bridgehead atoms. The lowest BCUT2D eigenvalue weighted by Gasteiger charge is -2.41. The molecular formula is C31H33N3O3. The van der Waals surface area contributed by atoms with Gasteiger partial charge in [0.15, 0.2) is 0 Å². The Balaban J connectivity index is 1.59. The van der Waals surface area contributed by atoms with Crippen molar-refractivity contribution in [3.05, 3.63) is 107 Å². The molecule has 0 saturated carbocycles. The lowest BCUT2D eigenvalue weighted by Crippen LogP contribution is -2.48. The number of amides is 2. The van der Waals surface area contributed by atoms with Crippen LogP contribution in [0.4, 0.5) is 0 Å². The fraction of sp³-hybridized carbons (Fsp3) is 0.290. The zero-order chi connectivity index (χ0) is 25.9. The van der Waals surface area contributed by atoms with Crippen molar-refractivity contribution >= 4 is 22.7 Å². The number of hydrogen-bond acceptors (Lipinski definition) is 3. The first-order valence-corrected chi connectivity index (χ1v) is 12.8. The van der Waals surface area contributed by atoms with E-state index in [-0.39, 0.29) is 11.8 Å². The smallest absolute Gasteiger partial charge is 0.254 e. The topological polar surface area (TPSA) is 63.6 Å². The van der Waals surface area contributed by atoms with E-state index >= 15 is 0 Å². The number of rotatable bonds is 8. The number of benzene rings is 3. The van der Waals surface area contributed by atoms with Gasteiger partial charge in [-0.05, 0) is 35.2 Å². The molecule has 2 unspecified atom stereocenters. The molecule has 1 N–H and O–H groups in total. The number of carbonyl (C=O) groups excluding carboxylic acids is 2. The Bertz CT molecular complexity index is 1420. The van der Waals surface area contributed by atoms with Gasteiger partial charge in [0.05, 0.1) is 18.6 Å². The summed E-state index contributed by atoms with van der Waals surface area (Å²) in [7, 11) is 3.63. The number of aromatic nitrogens is 1. The number of nitrogens with one attached hydrogen (secondary N) is 1. The van der Waals surface area contributed by atoms with Gasteiger partial charge in [0.2, 0.25) is 5.91 Å². The fourth-order valence-electron chi connectivity index (χ4n) is 5.46. The van der Waals surface area contributed by atoms with Gasteiger partial charge in [0, 0.05) is 55.5 Å². The van der Waals surface area contributed by atoms with Crippen LogP contribution in [-0.2, 0) is 29.5 Å². The molecule has 1 aromatic heterocycles. The molecule has 0 radical (unpaired) electrons. The van der Waals surface area contributed by atoms with Crippen LogP contribution in [0.3, 0.4) is 0 Å². The van der Waals surface area contributed by atoms with Gasteiger partial charge in [-0.3, -0.25) is 9.59 Å². The Morgan fingerprint density at radius 1 is 0.946 bits per heavy atom. The molecule has 2 atom stereocenters. The van der Waals surface area contributed by atoms with Gasteiger partial charge in [-0.25, -0.2) is 0 Å². The molecule has 1 aliphatic rings. The first kappa shape index (κ1) is 24.8. The number of para-hydroxylation sites is 1. The van der Waals surface area contributed by atoms with E-state index in [9.17, 15) is 9.59 Å². The second-order valence-corrected chi connectivity index (χ2v) is 9.60. The third kappa shape index (κ3) is 4.65. The number of aryl methyl sites for hydroxylation is 2. The van der Waals surface area contributed by atoms with Crippen LogP contribution in [0.1, 0.15) is 51.5 Å². The zero-order valence-corrected chi connectivity index (χ0v) is 21.6. The summed E-state index contributed by atoms with van der Waals surface area (Å²) in [5, 5.41) is 4.22. The Hall–Kier alpha value is -3.90. The summed E-state index contributed by atoms with van der Waals surface area (Å²) < 4.78 is 7.44. The molecule has 0 spiro atoms. The van der Waals surface area contributed by atoms with E-state index in [1.54, 1.807) is 7.11 Å². The van der Waals surface area contributed by atoms with E-state index in [2.05, 4.69) is 59.4 Å². The zero-order valence-electron chi connectivity index (χ0n) is 21.6. The van der Waals surface area contributed by atoms with E-state index in [0.717, 1.165) is 34.0 Å². The van der Waals surface area contributed by atoms with E-state index < -0.39 is 12.0 Å². The van der Waals surface area contributed by atoms with Crippen LogP contribution < -0.4 is 5.32 Å². The Morgan fingerprint density at radius 2 is 1.65 bits per heavy atom. The first-order valence-electron chi connectivity index (χ1n) is 12.8. The number of hydrogen-bond donors (Lipinski definition) is 1. The highest BCUT2D eigenvalue weighted by Gasteiger charge is 2.44. The lowest BCUT2D eigenvalue weighted by molar-refractivity contribution is -0.124. The molecular weight excluding hydrogens is 462 g/mol. The first-order chi connectivity index (χ1) is 18.0. The highest BCUT2D eigenvalue weighted by molar-refractivity contribution is 6.02. The van der Waals surface area contributed by atoms with E-state index in [1.165, 1.54) is 5.56 Å². The summed E-state index contributed by atoms with van der Waals surface area (Å²) in [6, 6.07) is 23.5. The standard InChI is InChI=1S/C31H33N3O3/c1-4-21-13-15-22(16-14-21)19-32-30(35)28-24-10-5-6-11-25(24)31(36)34(17-18-37-3)29(28)26-20-33(2)27-12-8-7-9-23(26)27/h5-16,20,28-29H,4,17-19H2,1-3H3,(H,32,35). The minimum absolute atomic E-state index is 0.0789. The SMILES string of the molecule is CCc1ccc(CNC(=O)C2c3ccccc3C(=O)N(CCOC)C2c2cn(C)c3ccccc23)cc1. The van der Waals surface area contributed by atoms with Crippen LogP contribution in [0.5, 0.6) is 0 Å². The van der Waals surface area contributed by atoms with Gasteiger partial charge in [-0.15, -0.1) is 0 Å². The van der Waals surface area contributed by atoms with Crippen LogP contribution >= 0.6 is 0 Å². The summed E-state index contributed by atoms with van der Waals surface area (Å²) >= 11 is 0. The third-order valence-electron chi connectivity index (χ3n) is 7.40. The van der Waals surface area contributed by atoms with E-state index in [1.807, 2.05) is 48.3 Å². The molecule has 2 heterocycles. The molecule has 2 amide bonds. The predicted octanol–water partition coefficient (Wildman–Crippen LogP) is 4.98. The van der Waals surface area contributed by atoms with Crippen LogP contribution in [0.25, 0.3) is 10.9 Å². The van der Waals surface area contributed by atoms with Gasteiger partial charge in [0.25, 0.3) is 5.91 Å². The van der Waals surface area contributed by atoms with Gasteiger partial charge in [0.1, 0.15) is 0 Å². The number of ether oxygens (including phenoxy) is 1. The number of nitrogens with zero attached hydrogens (tertiary/aromatic N) is 2. The van der Waals surface area contributed by atoms with Crippen LogP contribution in [0.2, 0.25) is 0 Å². The maximum absolute atomic E-state index is 14.0. The summed E-state index contributed by atoms with van der Waals surface area (Å²) in [5.74, 6) is -0.740. The molecule has 0 aliphatic carbocycles. The Labute approximate surface area is 217 Å². The maximum atomic E-state index is 14.0. The van der Waals surface area contributed by atoms with Crippen molar-refractivity contribution in [2.24, 2.45) is 7.05 Å². The average Bonchev–Trinajstić information content (AvgIpc) is 3.27. The molecule has 4 aromatic rings. The van der Waals surface area contributed by atoms with Crippen molar-refractivity contribution in [2.45, 2.75) is 31.8 Å². The average molecular weight is 496 g/mol. The fourth-order valence-corrected chi connectivity index (χ4v) is 5.46. The second-order valence-electron chi connectivity index (χ2n) is 9.60. The van der Waals surface area contributed by atoms with Gasteiger partial charge >= 0.3 is 0 Å². The Kier molecular flexibility index (Phi) is 7.10. The van der Waals surface area contributed by atoms with E-state index in [4.69, 9.17) is 4.74 Å². The maximum Gasteiger partial charge on any atom is 0.254 e. The summed E-state index contributed by atoms with van der Waals surface area (Å²) in [6.45, 7) is 3.32. The van der Waals surface area contributed by atoms with Crippen LogP contribution in [-0.4, -0.2) is 41.5 Å². The molecule has 6 heteroatoms. The van der Waals surface area contributed by atoms with Crippen molar-refractivity contribution in [2.75, 3.05) is 20.3 Å². The number of methoxy groups -OCH3 is 1. The largest absolute Gasteiger partial charge is 0.383 e. The monoisotopic (exact) mass is 495 g/mol. The molecule has 3 aromatic carbocycles. The minimum Gasteiger partial charge on any atom is -0.383 e. The van der Waals surface area contributed by atoms with Crippen molar-refractivity contribution in [3.8, 4) is 0 Å². The number of fused-ring (bicyclic) bond motifs is 2. The summed E-state index contributed by atoms with van der Waals surface area (Å²) in [4.78, 5) is 29.6. The summed E-state index contributed by atoms with van der Waals surface area (Å²) in [6.07, 6.45) is 3.03. The molecule has 1 aliphatic heterocycles. The van der Waals surface area contributed by atoms with E-state index in [0.29, 0.717) is 25.3 Å². The molecule has 6 nitrogen and oxygen atoms in total. The molecule has 0 fully saturated rings. The lowest BCUT2D eigenvalue weighted by atomic mass is 9.79. The quantitative estimate of drug-likeness (QED) is 0.375. The minimum atomic E-state index is -0.563. The second kappa shape index (κ2) is 10.6. The Morgan fingerprint density at radius 3 is 2.41 bits per heavy atom. The third-order valence-corrected chi connectivity index (χ3v) is 7.40. The van der Waals surface area contributed by atoms with Crippen molar-refractivity contribution in [1.29, 1.82) is 0 Å². The van der Waals surface area contributed by atoms with Crippen LogP contribution in [0, 0.1) is 0 Å². The summed E-state index contributed by atoms with van der Waals surface area (Å²) in [5.41, 5.74) is 5.67. The van der Waals surface area contributed by atoms with Gasteiger partial charge < -0.3 is 19.5 Å². The highest BCUT2D eigenvalue weighted by Crippen LogP contribution is 2.45.